The van der Waals surface area contributed by atoms with E-state index >= 15 is 0 Å². The number of carbonyl (C=O) groups excluding carboxylic acids is 1. The van der Waals surface area contributed by atoms with E-state index in [9.17, 15) is 14.9 Å². The van der Waals surface area contributed by atoms with Crippen LogP contribution in [0.2, 0.25) is 0 Å². The highest BCUT2D eigenvalue weighted by atomic mass is 16.6. The third kappa shape index (κ3) is 3.60. The summed E-state index contributed by atoms with van der Waals surface area (Å²) in [4.78, 5) is 20.4. The maximum atomic E-state index is 10.4. The van der Waals surface area contributed by atoms with Gasteiger partial charge in [0.15, 0.2) is 0 Å². The highest BCUT2D eigenvalue weighted by Gasteiger charge is 2.03. The second-order valence-corrected chi connectivity index (χ2v) is 2.92. The molecule has 15 heavy (non-hydrogen) atoms. The first kappa shape index (κ1) is 10.9. The van der Waals surface area contributed by atoms with Crippen LogP contribution in [0, 0.1) is 10.1 Å². The van der Waals surface area contributed by atoms with Gasteiger partial charge in [0.05, 0.1) is 4.92 Å². The molecule has 0 aliphatic rings. The van der Waals surface area contributed by atoms with Gasteiger partial charge in [0.2, 0.25) is 5.91 Å². The average Bonchev–Trinajstić information content (AvgIpc) is 2.17. The molecule has 0 aliphatic carbocycles. The molecular weight excluding hydrogens is 196 g/mol. The number of nitrogens with two attached hydrogens (primary N) is 1. The molecule has 1 aromatic rings. The lowest BCUT2D eigenvalue weighted by molar-refractivity contribution is -0.384. The molecule has 0 atom stereocenters. The molecule has 0 aromatic heterocycles. The van der Waals surface area contributed by atoms with E-state index in [0.29, 0.717) is 5.56 Å². The van der Waals surface area contributed by atoms with E-state index in [4.69, 9.17) is 5.73 Å². The van der Waals surface area contributed by atoms with E-state index in [2.05, 4.69) is 0 Å². The molecule has 0 saturated heterocycles. The Bertz CT molecular complexity index is 413. The highest BCUT2D eigenvalue weighted by Crippen LogP contribution is 2.14. The fourth-order valence-corrected chi connectivity index (χ4v) is 1.05. The van der Waals surface area contributed by atoms with Crippen molar-refractivity contribution >= 4 is 17.7 Å². The van der Waals surface area contributed by atoms with Gasteiger partial charge in [0.1, 0.15) is 0 Å². The number of hydrogen-bond donors (Lipinski definition) is 1. The molecule has 0 radical (unpaired) electrons. The van der Waals surface area contributed by atoms with Crippen LogP contribution in [0.15, 0.2) is 30.3 Å². The van der Waals surface area contributed by atoms with Gasteiger partial charge in [-0.1, -0.05) is 24.3 Å². The van der Waals surface area contributed by atoms with Crippen molar-refractivity contribution in [3.8, 4) is 0 Å². The van der Waals surface area contributed by atoms with Crippen molar-refractivity contribution in [3.05, 3.63) is 46.0 Å². The first-order valence-corrected chi connectivity index (χ1v) is 4.29. The van der Waals surface area contributed by atoms with E-state index < -0.39 is 10.8 Å². The molecule has 78 valence electrons. The third-order valence-corrected chi connectivity index (χ3v) is 1.71. The molecule has 1 amide bonds. The Labute approximate surface area is 86.4 Å². The van der Waals surface area contributed by atoms with Crippen LogP contribution in [0.1, 0.15) is 12.0 Å². The summed E-state index contributed by atoms with van der Waals surface area (Å²) >= 11 is 0. The van der Waals surface area contributed by atoms with Crippen LogP contribution in [0.25, 0.3) is 6.08 Å². The summed E-state index contributed by atoms with van der Waals surface area (Å²) < 4.78 is 0. The van der Waals surface area contributed by atoms with Gasteiger partial charge in [-0.3, -0.25) is 14.9 Å². The Morgan fingerprint density at radius 2 is 2.27 bits per heavy atom. The summed E-state index contributed by atoms with van der Waals surface area (Å²) in [5.41, 5.74) is 5.63. The lowest BCUT2D eigenvalue weighted by atomic mass is 10.2. The molecule has 1 rings (SSSR count). The summed E-state index contributed by atoms with van der Waals surface area (Å²) in [5, 5.41) is 10.4. The van der Waals surface area contributed by atoms with Gasteiger partial charge in [0, 0.05) is 18.6 Å². The second-order valence-electron chi connectivity index (χ2n) is 2.92. The zero-order chi connectivity index (χ0) is 11.3. The normalized spacial score (nSPS) is 10.4. The molecule has 5 heteroatoms. The van der Waals surface area contributed by atoms with Gasteiger partial charge in [-0.05, 0) is 5.56 Å². The molecule has 0 heterocycles. The predicted octanol–water partition coefficient (Wildman–Crippen LogP) is 1.48. The summed E-state index contributed by atoms with van der Waals surface area (Å²) in [6.07, 6.45) is 3.32. The molecule has 0 spiro atoms. The molecule has 5 nitrogen and oxygen atoms in total. The van der Waals surface area contributed by atoms with Crippen molar-refractivity contribution in [2.75, 3.05) is 0 Å². The zero-order valence-electron chi connectivity index (χ0n) is 7.92. The van der Waals surface area contributed by atoms with Crippen molar-refractivity contribution in [2.45, 2.75) is 6.42 Å². The first-order valence-electron chi connectivity index (χ1n) is 4.29. The Hall–Kier alpha value is -2.17. The number of carbonyl (C=O) groups is 1. The number of rotatable bonds is 4. The van der Waals surface area contributed by atoms with Gasteiger partial charge in [-0.15, -0.1) is 0 Å². The van der Waals surface area contributed by atoms with E-state index in [1.54, 1.807) is 24.3 Å². The number of nitro benzene ring substituents is 1. The molecule has 1 aromatic carbocycles. The average molecular weight is 206 g/mol. The van der Waals surface area contributed by atoms with E-state index in [1.165, 1.54) is 12.1 Å². The van der Waals surface area contributed by atoms with E-state index in [-0.39, 0.29) is 12.1 Å². The van der Waals surface area contributed by atoms with Crippen LogP contribution in [-0.2, 0) is 4.79 Å². The van der Waals surface area contributed by atoms with E-state index in [1.807, 2.05) is 0 Å². The second kappa shape index (κ2) is 4.90. The van der Waals surface area contributed by atoms with Crippen LogP contribution in [0.5, 0.6) is 0 Å². The topological polar surface area (TPSA) is 86.2 Å². The molecule has 0 fully saturated rings. The SMILES string of the molecule is NC(=O)CC=Cc1cccc([N+](=O)[O-])c1. The van der Waals surface area contributed by atoms with Crippen molar-refractivity contribution < 1.29 is 9.72 Å². The largest absolute Gasteiger partial charge is 0.369 e. The van der Waals surface area contributed by atoms with Gasteiger partial charge in [0.25, 0.3) is 5.69 Å². The summed E-state index contributed by atoms with van der Waals surface area (Å²) in [7, 11) is 0. The van der Waals surface area contributed by atoms with Crippen LogP contribution in [-0.4, -0.2) is 10.8 Å². The number of nitrogens with zero attached hydrogens (tertiary/aromatic N) is 1. The zero-order valence-corrected chi connectivity index (χ0v) is 7.92. The lowest BCUT2D eigenvalue weighted by Crippen LogP contribution is -2.07. The third-order valence-electron chi connectivity index (χ3n) is 1.71. The molecule has 0 saturated carbocycles. The summed E-state index contributed by atoms with van der Waals surface area (Å²) in [6.45, 7) is 0. The maximum absolute atomic E-state index is 10.4. The van der Waals surface area contributed by atoms with Crippen molar-refractivity contribution in [1.82, 2.24) is 0 Å². The lowest BCUT2D eigenvalue weighted by Gasteiger charge is -1.93. The van der Waals surface area contributed by atoms with Crippen LogP contribution < -0.4 is 5.73 Å². The van der Waals surface area contributed by atoms with Crippen molar-refractivity contribution in [3.63, 3.8) is 0 Å². The van der Waals surface area contributed by atoms with Crippen LogP contribution >= 0.6 is 0 Å². The quantitative estimate of drug-likeness (QED) is 0.598. The Morgan fingerprint density at radius 3 is 2.87 bits per heavy atom. The minimum atomic E-state index is -0.467. The predicted molar refractivity (Wildman–Crippen MR) is 55.9 cm³/mol. The highest BCUT2D eigenvalue weighted by molar-refractivity contribution is 5.76. The first-order chi connectivity index (χ1) is 7.09. The molecule has 0 unspecified atom stereocenters. The monoisotopic (exact) mass is 206 g/mol. The standard InChI is InChI=1S/C10H10N2O3/c11-10(13)6-2-4-8-3-1-5-9(7-8)12(14)15/h1-5,7H,6H2,(H2,11,13). The van der Waals surface area contributed by atoms with Crippen LogP contribution in [0.4, 0.5) is 5.69 Å². The van der Waals surface area contributed by atoms with Gasteiger partial charge in [-0.2, -0.15) is 0 Å². The minimum Gasteiger partial charge on any atom is -0.369 e. The number of nitro groups is 1. The molecule has 0 bridgehead atoms. The van der Waals surface area contributed by atoms with Gasteiger partial charge in [-0.25, -0.2) is 0 Å². The number of benzene rings is 1. The number of amides is 1. The smallest absolute Gasteiger partial charge is 0.270 e. The minimum absolute atomic E-state index is 0.0243. The van der Waals surface area contributed by atoms with Crippen molar-refractivity contribution in [2.24, 2.45) is 5.73 Å². The van der Waals surface area contributed by atoms with E-state index in [0.717, 1.165) is 0 Å². The van der Waals surface area contributed by atoms with Gasteiger partial charge < -0.3 is 5.73 Å². The van der Waals surface area contributed by atoms with Crippen molar-refractivity contribution in [1.29, 1.82) is 0 Å². The van der Waals surface area contributed by atoms with Gasteiger partial charge >= 0.3 is 0 Å². The fourth-order valence-electron chi connectivity index (χ4n) is 1.05. The van der Waals surface area contributed by atoms with Crippen LogP contribution in [0.3, 0.4) is 0 Å². The number of non-ortho nitro benzene ring substituents is 1. The molecular formula is C10H10N2O3. The molecule has 2 N–H and O–H groups in total. The summed E-state index contributed by atoms with van der Waals surface area (Å²) in [6, 6.07) is 6.13. The number of primary amides is 1. The number of hydrogen-bond acceptors (Lipinski definition) is 3. The molecule has 0 aliphatic heterocycles. The summed E-state index contributed by atoms with van der Waals surface area (Å²) in [5.74, 6) is -0.434. The Kier molecular flexibility index (Phi) is 3.56. The maximum Gasteiger partial charge on any atom is 0.270 e. The Morgan fingerprint density at radius 1 is 1.53 bits per heavy atom. The fraction of sp³-hybridized carbons (Fsp3) is 0.100. The Balaban J connectivity index is 2.78.